The molecular formula is C37H37BrN2O3. The predicted molar refractivity (Wildman–Crippen MR) is 178 cm³/mol. The summed E-state index contributed by atoms with van der Waals surface area (Å²) in [5.41, 5.74) is 9.09. The van der Waals surface area contributed by atoms with Crippen molar-refractivity contribution in [3.8, 4) is 11.1 Å². The lowest BCUT2D eigenvalue weighted by atomic mass is 9.96. The first kappa shape index (κ1) is 30.3. The number of halogens is 1. The molecular weight excluding hydrogens is 600 g/mol. The third-order valence-electron chi connectivity index (χ3n) is 7.67. The summed E-state index contributed by atoms with van der Waals surface area (Å²) in [5.74, 6) is -0.409. The molecule has 0 bridgehead atoms. The van der Waals surface area contributed by atoms with Gasteiger partial charge in [0.2, 0.25) is 0 Å². The highest BCUT2D eigenvalue weighted by molar-refractivity contribution is 9.10. The number of carbonyl (C=O) groups is 2. The largest absolute Gasteiger partial charge is 0.456 e. The standard InChI is InChI=1S/C37H37BrN2O3/c1-23-7-17-31(33(19-23)36(42)43-37(4,5)6)28-12-8-27(9-13-28)22-40-25(3)24(2)32-20-29(14-18-34(32)40)35(41)39-21-26-10-15-30(38)16-11-26/h7-20H,21-22H2,1-6H3,(H,39,41). The Morgan fingerprint density at radius 1 is 0.837 bits per heavy atom. The third kappa shape index (κ3) is 6.91. The topological polar surface area (TPSA) is 60.3 Å². The molecule has 0 unspecified atom stereocenters. The fourth-order valence-electron chi connectivity index (χ4n) is 5.27. The second kappa shape index (κ2) is 12.2. The van der Waals surface area contributed by atoms with Gasteiger partial charge in [0.25, 0.3) is 5.91 Å². The molecule has 0 atom stereocenters. The van der Waals surface area contributed by atoms with E-state index in [1.165, 1.54) is 0 Å². The zero-order valence-corrected chi connectivity index (χ0v) is 27.1. The van der Waals surface area contributed by atoms with E-state index >= 15 is 0 Å². The third-order valence-corrected chi connectivity index (χ3v) is 8.20. The van der Waals surface area contributed by atoms with E-state index in [1.807, 2.05) is 88.4 Å². The van der Waals surface area contributed by atoms with Crippen LogP contribution in [0.4, 0.5) is 0 Å². The Bertz CT molecular complexity index is 1810. The van der Waals surface area contributed by atoms with Crippen molar-refractivity contribution >= 4 is 38.7 Å². The molecule has 5 nitrogen and oxygen atoms in total. The Balaban J connectivity index is 1.36. The molecule has 1 amide bonds. The van der Waals surface area contributed by atoms with Gasteiger partial charge in [-0.1, -0.05) is 70.0 Å². The van der Waals surface area contributed by atoms with Crippen molar-refractivity contribution in [2.45, 2.75) is 60.2 Å². The number of benzene rings is 4. The van der Waals surface area contributed by atoms with Crippen molar-refractivity contribution in [3.63, 3.8) is 0 Å². The van der Waals surface area contributed by atoms with E-state index in [-0.39, 0.29) is 11.9 Å². The molecule has 0 radical (unpaired) electrons. The molecule has 0 fully saturated rings. The monoisotopic (exact) mass is 636 g/mol. The van der Waals surface area contributed by atoms with Gasteiger partial charge in [-0.2, -0.15) is 0 Å². The molecule has 0 aliphatic carbocycles. The Morgan fingerprint density at radius 3 is 2.19 bits per heavy atom. The Hall–Kier alpha value is -4.16. The van der Waals surface area contributed by atoms with Gasteiger partial charge in [0.05, 0.1) is 5.56 Å². The maximum Gasteiger partial charge on any atom is 0.339 e. The summed E-state index contributed by atoms with van der Waals surface area (Å²) in [6.07, 6.45) is 0. The first-order valence-electron chi connectivity index (χ1n) is 14.4. The number of aryl methyl sites for hydroxylation is 2. The summed E-state index contributed by atoms with van der Waals surface area (Å²) in [5, 5.41) is 4.11. The van der Waals surface area contributed by atoms with Crippen molar-refractivity contribution in [1.82, 2.24) is 9.88 Å². The van der Waals surface area contributed by atoms with Gasteiger partial charge in [0, 0.05) is 39.7 Å². The number of hydrogen-bond donors (Lipinski definition) is 1. The van der Waals surface area contributed by atoms with Gasteiger partial charge in [-0.05, 0) is 106 Å². The maximum atomic E-state index is 13.0. The normalized spacial score (nSPS) is 11.5. The Kier molecular flexibility index (Phi) is 8.61. The van der Waals surface area contributed by atoms with Crippen LogP contribution in [0.3, 0.4) is 0 Å². The van der Waals surface area contributed by atoms with Crippen molar-refractivity contribution < 1.29 is 14.3 Å². The highest BCUT2D eigenvalue weighted by Gasteiger charge is 2.21. The predicted octanol–water partition coefficient (Wildman–Crippen LogP) is 8.93. The number of ether oxygens (including phenoxy) is 1. The lowest BCUT2D eigenvalue weighted by molar-refractivity contribution is 0.00702. The van der Waals surface area contributed by atoms with Gasteiger partial charge in [-0.15, -0.1) is 0 Å². The van der Waals surface area contributed by atoms with E-state index in [0.717, 1.165) is 54.5 Å². The summed E-state index contributed by atoms with van der Waals surface area (Å²) >= 11 is 3.45. The van der Waals surface area contributed by atoms with Crippen LogP contribution in [0.25, 0.3) is 22.0 Å². The number of nitrogens with zero attached hydrogens (tertiary/aromatic N) is 1. The molecule has 6 heteroatoms. The van der Waals surface area contributed by atoms with Crippen LogP contribution in [0.1, 0.15) is 69.4 Å². The summed E-state index contributed by atoms with van der Waals surface area (Å²) in [6, 6.07) is 28.1. The molecule has 0 aliphatic rings. The highest BCUT2D eigenvalue weighted by Crippen LogP contribution is 2.30. The minimum Gasteiger partial charge on any atom is -0.456 e. The van der Waals surface area contributed by atoms with Crippen molar-refractivity contribution in [2.75, 3.05) is 0 Å². The highest BCUT2D eigenvalue weighted by atomic mass is 79.9. The van der Waals surface area contributed by atoms with Gasteiger partial charge in [0.15, 0.2) is 0 Å². The number of fused-ring (bicyclic) bond motifs is 1. The van der Waals surface area contributed by atoms with Crippen LogP contribution in [-0.4, -0.2) is 22.0 Å². The Morgan fingerprint density at radius 2 is 1.51 bits per heavy atom. The number of aromatic nitrogens is 1. The SMILES string of the molecule is Cc1ccc(-c2ccc(Cn3c(C)c(C)c4cc(C(=O)NCc5ccc(Br)cc5)ccc43)cc2)c(C(=O)OC(C)(C)C)c1. The second-order valence-electron chi connectivity index (χ2n) is 12.1. The van der Waals surface area contributed by atoms with E-state index in [2.05, 4.69) is 63.9 Å². The molecule has 5 aromatic rings. The molecule has 1 heterocycles. The zero-order chi connectivity index (χ0) is 30.9. The molecule has 0 spiro atoms. The van der Waals surface area contributed by atoms with E-state index in [1.54, 1.807) is 0 Å². The first-order valence-corrected chi connectivity index (χ1v) is 15.2. The quantitative estimate of drug-likeness (QED) is 0.181. The number of rotatable bonds is 7. The molecule has 0 saturated heterocycles. The van der Waals surface area contributed by atoms with Crippen molar-refractivity contribution in [1.29, 1.82) is 0 Å². The maximum absolute atomic E-state index is 13.0. The van der Waals surface area contributed by atoms with Crippen LogP contribution in [0.2, 0.25) is 0 Å². The van der Waals surface area contributed by atoms with Crippen molar-refractivity contribution in [3.05, 3.63) is 128 Å². The molecule has 1 N–H and O–H groups in total. The van der Waals surface area contributed by atoms with Gasteiger partial charge >= 0.3 is 5.97 Å². The van der Waals surface area contributed by atoms with Crippen molar-refractivity contribution in [2.24, 2.45) is 0 Å². The fraction of sp³-hybridized carbons (Fsp3) is 0.243. The van der Waals surface area contributed by atoms with Crippen LogP contribution in [-0.2, 0) is 17.8 Å². The minimum absolute atomic E-state index is 0.0907. The number of carbonyl (C=O) groups excluding carboxylic acids is 2. The number of amides is 1. The molecule has 220 valence electrons. The van der Waals surface area contributed by atoms with Crippen LogP contribution in [0, 0.1) is 20.8 Å². The average molecular weight is 638 g/mol. The smallest absolute Gasteiger partial charge is 0.339 e. The average Bonchev–Trinajstić information content (AvgIpc) is 3.20. The summed E-state index contributed by atoms with van der Waals surface area (Å²) in [6.45, 7) is 13.0. The molecule has 4 aromatic carbocycles. The van der Waals surface area contributed by atoms with Crippen LogP contribution in [0.5, 0.6) is 0 Å². The lowest BCUT2D eigenvalue weighted by Crippen LogP contribution is -2.24. The molecule has 0 aliphatic heterocycles. The van der Waals surface area contributed by atoms with Gasteiger partial charge in [0.1, 0.15) is 5.60 Å². The van der Waals surface area contributed by atoms with E-state index in [9.17, 15) is 9.59 Å². The summed E-state index contributed by atoms with van der Waals surface area (Å²) < 4.78 is 9.00. The minimum atomic E-state index is -0.567. The lowest BCUT2D eigenvalue weighted by Gasteiger charge is -2.21. The fourth-order valence-corrected chi connectivity index (χ4v) is 5.53. The van der Waals surface area contributed by atoms with E-state index < -0.39 is 5.60 Å². The van der Waals surface area contributed by atoms with Crippen LogP contribution in [0.15, 0.2) is 89.4 Å². The van der Waals surface area contributed by atoms with E-state index in [0.29, 0.717) is 24.2 Å². The first-order chi connectivity index (χ1) is 20.4. The van der Waals surface area contributed by atoms with E-state index in [4.69, 9.17) is 4.74 Å². The second-order valence-corrected chi connectivity index (χ2v) is 13.0. The number of nitrogens with one attached hydrogen (secondary N) is 1. The van der Waals surface area contributed by atoms with Crippen LogP contribution < -0.4 is 5.32 Å². The van der Waals surface area contributed by atoms with Gasteiger partial charge in [-0.25, -0.2) is 4.79 Å². The molecule has 5 rings (SSSR count). The number of esters is 1. The molecule has 43 heavy (non-hydrogen) atoms. The molecule has 1 aromatic heterocycles. The summed E-state index contributed by atoms with van der Waals surface area (Å²) in [7, 11) is 0. The van der Waals surface area contributed by atoms with Gasteiger partial charge < -0.3 is 14.6 Å². The van der Waals surface area contributed by atoms with Crippen LogP contribution >= 0.6 is 15.9 Å². The summed E-state index contributed by atoms with van der Waals surface area (Å²) in [4.78, 5) is 26.0. The van der Waals surface area contributed by atoms with Gasteiger partial charge in [-0.3, -0.25) is 4.79 Å². The molecule has 0 saturated carbocycles. The Labute approximate surface area is 262 Å². The number of hydrogen-bond acceptors (Lipinski definition) is 3. The zero-order valence-electron chi connectivity index (χ0n) is 25.5.